The number of fused-ring (bicyclic) bond motifs is 1. The van der Waals surface area contributed by atoms with Gasteiger partial charge in [0, 0.05) is 18.3 Å². The molecule has 0 spiro atoms. The van der Waals surface area contributed by atoms with Gasteiger partial charge >= 0.3 is 0 Å². The van der Waals surface area contributed by atoms with Crippen molar-refractivity contribution in [1.82, 2.24) is 15.1 Å². The fraction of sp³-hybridized carbons (Fsp3) is 0.250. The van der Waals surface area contributed by atoms with Crippen molar-refractivity contribution in [3.63, 3.8) is 0 Å². The molecule has 1 aliphatic heterocycles. The Labute approximate surface area is 204 Å². The van der Waals surface area contributed by atoms with Crippen molar-refractivity contribution < 1.29 is 14.0 Å². The lowest BCUT2D eigenvalue weighted by Gasteiger charge is -2.43. The van der Waals surface area contributed by atoms with Gasteiger partial charge in [-0.2, -0.15) is 5.10 Å². The lowest BCUT2D eigenvalue weighted by Crippen LogP contribution is -2.64. The summed E-state index contributed by atoms with van der Waals surface area (Å²) < 4.78 is 7.11. The van der Waals surface area contributed by atoms with Crippen LogP contribution in [0.3, 0.4) is 0 Å². The van der Waals surface area contributed by atoms with E-state index in [0.29, 0.717) is 29.4 Å². The number of hydrogen-bond acceptors (Lipinski definition) is 4. The lowest BCUT2D eigenvalue weighted by atomic mass is 9.93. The first-order valence-electron chi connectivity index (χ1n) is 11.6. The van der Waals surface area contributed by atoms with Gasteiger partial charge in [-0.25, -0.2) is 0 Å². The number of aromatic nitrogens is 2. The summed E-state index contributed by atoms with van der Waals surface area (Å²) in [5, 5.41) is 7.66. The zero-order valence-corrected chi connectivity index (χ0v) is 20.3. The van der Waals surface area contributed by atoms with Crippen LogP contribution in [0, 0.1) is 20.8 Å². The number of carbonyl (C=O) groups excluding carboxylic acids is 2. The highest BCUT2D eigenvalue weighted by molar-refractivity contribution is 6.12. The SMILES string of the molecule is Cc1ccc(CNC(=O)[C@]2(C)Cn3nc(-c4ccco4)cc3C(=O)N2c2cc(C)cc(C)c2)cc1. The monoisotopic (exact) mass is 468 g/mol. The maximum Gasteiger partial charge on any atom is 0.277 e. The Balaban J connectivity index is 1.55. The van der Waals surface area contributed by atoms with E-state index in [1.54, 1.807) is 41.0 Å². The van der Waals surface area contributed by atoms with E-state index in [2.05, 4.69) is 10.4 Å². The Morgan fingerprint density at radius 2 is 1.74 bits per heavy atom. The Hall–Kier alpha value is -4.13. The Kier molecular flexibility index (Phi) is 5.55. The van der Waals surface area contributed by atoms with Gasteiger partial charge in [0.25, 0.3) is 5.91 Å². The van der Waals surface area contributed by atoms with Crippen LogP contribution in [0.4, 0.5) is 5.69 Å². The second kappa shape index (κ2) is 8.58. The van der Waals surface area contributed by atoms with Gasteiger partial charge in [0.1, 0.15) is 16.9 Å². The van der Waals surface area contributed by atoms with E-state index in [4.69, 9.17) is 4.42 Å². The topological polar surface area (TPSA) is 80.4 Å². The van der Waals surface area contributed by atoms with Gasteiger partial charge in [-0.3, -0.25) is 19.2 Å². The molecule has 0 radical (unpaired) electrons. The first-order chi connectivity index (χ1) is 16.7. The normalized spacial score (nSPS) is 17.4. The van der Waals surface area contributed by atoms with Crippen molar-refractivity contribution in [2.24, 2.45) is 0 Å². The number of benzene rings is 2. The molecule has 0 saturated carbocycles. The molecule has 0 unspecified atom stereocenters. The fourth-order valence-corrected chi connectivity index (χ4v) is 4.69. The minimum absolute atomic E-state index is 0.210. The molecular weight excluding hydrogens is 440 g/mol. The van der Waals surface area contributed by atoms with Gasteiger partial charge < -0.3 is 9.73 Å². The predicted molar refractivity (Wildman–Crippen MR) is 134 cm³/mol. The number of rotatable bonds is 5. The van der Waals surface area contributed by atoms with E-state index in [9.17, 15) is 9.59 Å². The molecule has 7 nitrogen and oxygen atoms in total. The molecule has 2 amide bonds. The summed E-state index contributed by atoms with van der Waals surface area (Å²) in [4.78, 5) is 29.3. The average molecular weight is 469 g/mol. The molecule has 1 atom stereocenters. The van der Waals surface area contributed by atoms with Crippen LogP contribution in [0.1, 0.15) is 39.7 Å². The zero-order valence-electron chi connectivity index (χ0n) is 20.3. The number of nitrogens with zero attached hydrogens (tertiary/aromatic N) is 3. The van der Waals surface area contributed by atoms with Gasteiger partial charge in [0.05, 0.1) is 12.8 Å². The maximum absolute atomic E-state index is 13.9. The second-order valence-electron chi connectivity index (χ2n) is 9.48. The highest BCUT2D eigenvalue weighted by Gasteiger charge is 2.49. The number of amides is 2. The van der Waals surface area contributed by atoms with Crippen LogP contribution >= 0.6 is 0 Å². The molecule has 7 heteroatoms. The van der Waals surface area contributed by atoms with Gasteiger partial charge in [0.15, 0.2) is 5.76 Å². The van der Waals surface area contributed by atoms with E-state index in [-0.39, 0.29) is 18.4 Å². The molecule has 1 N–H and O–H groups in total. The van der Waals surface area contributed by atoms with Crippen molar-refractivity contribution in [1.29, 1.82) is 0 Å². The number of carbonyl (C=O) groups is 2. The van der Waals surface area contributed by atoms with Gasteiger partial charge in [-0.1, -0.05) is 35.9 Å². The zero-order chi connectivity index (χ0) is 24.7. The summed E-state index contributed by atoms with van der Waals surface area (Å²) in [5.41, 5.74) is 4.66. The average Bonchev–Trinajstić information content (AvgIpc) is 3.48. The second-order valence-corrected chi connectivity index (χ2v) is 9.48. The maximum atomic E-state index is 13.9. The van der Waals surface area contributed by atoms with Crippen LogP contribution < -0.4 is 10.2 Å². The Bertz CT molecular complexity index is 1380. The molecule has 1 aliphatic rings. The Morgan fingerprint density at radius 1 is 1.03 bits per heavy atom. The number of aryl methyl sites for hydroxylation is 3. The predicted octanol–water partition coefficient (Wildman–Crippen LogP) is 4.80. The smallest absolute Gasteiger partial charge is 0.277 e. The van der Waals surface area contributed by atoms with Gasteiger partial charge in [-0.15, -0.1) is 0 Å². The van der Waals surface area contributed by atoms with Crippen LogP contribution in [-0.2, 0) is 17.9 Å². The molecular formula is C28H28N4O3. The van der Waals surface area contributed by atoms with Crippen LogP contribution in [-0.4, -0.2) is 27.1 Å². The third-order valence-electron chi connectivity index (χ3n) is 6.45. The summed E-state index contributed by atoms with van der Waals surface area (Å²) in [6.45, 7) is 8.37. The highest BCUT2D eigenvalue weighted by Crippen LogP contribution is 2.35. The van der Waals surface area contributed by atoms with Crippen LogP contribution in [0.25, 0.3) is 11.5 Å². The molecule has 2 aromatic carbocycles. The van der Waals surface area contributed by atoms with Crippen LogP contribution in [0.5, 0.6) is 0 Å². The standard InChI is InChI=1S/C28H28N4O3/c1-18-7-9-21(10-8-18)16-29-27(34)28(4)17-31-24(15-23(30-31)25-6-5-11-35-25)26(33)32(28)22-13-19(2)12-20(3)14-22/h5-15H,16-17H2,1-4H3,(H,29,34)/t28-/m0/s1. The van der Waals surface area contributed by atoms with Crippen molar-refractivity contribution in [2.75, 3.05) is 4.90 Å². The summed E-state index contributed by atoms with van der Waals surface area (Å²) in [7, 11) is 0. The van der Waals surface area contributed by atoms with Crippen molar-refractivity contribution >= 4 is 17.5 Å². The highest BCUT2D eigenvalue weighted by atomic mass is 16.3. The molecule has 0 aliphatic carbocycles. The quantitative estimate of drug-likeness (QED) is 0.456. The number of anilines is 1. The van der Waals surface area contributed by atoms with Gasteiger partial charge in [-0.05, 0) is 68.7 Å². The van der Waals surface area contributed by atoms with Crippen LogP contribution in [0.2, 0.25) is 0 Å². The number of hydrogen-bond donors (Lipinski definition) is 1. The third kappa shape index (κ3) is 4.14. The first kappa shape index (κ1) is 22.7. The third-order valence-corrected chi connectivity index (χ3v) is 6.45. The molecule has 178 valence electrons. The summed E-state index contributed by atoms with van der Waals surface area (Å²) in [6.07, 6.45) is 1.57. The molecule has 5 rings (SSSR count). The Morgan fingerprint density at radius 3 is 2.40 bits per heavy atom. The minimum atomic E-state index is -1.19. The number of furan rings is 1. The molecule has 3 heterocycles. The van der Waals surface area contributed by atoms with Gasteiger partial charge in [0.2, 0.25) is 5.91 Å². The van der Waals surface area contributed by atoms with E-state index >= 15 is 0 Å². The van der Waals surface area contributed by atoms with E-state index in [0.717, 1.165) is 22.3 Å². The van der Waals surface area contributed by atoms with Crippen molar-refractivity contribution in [3.8, 4) is 11.5 Å². The largest absolute Gasteiger partial charge is 0.463 e. The van der Waals surface area contributed by atoms with Crippen molar-refractivity contribution in [3.05, 3.63) is 94.9 Å². The molecule has 0 fully saturated rings. The summed E-state index contributed by atoms with van der Waals surface area (Å²) >= 11 is 0. The molecule has 4 aromatic rings. The number of nitrogens with one attached hydrogen (secondary N) is 1. The molecule has 2 aromatic heterocycles. The summed E-state index contributed by atoms with van der Waals surface area (Å²) in [5.74, 6) is 0.0500. The van der Waals surface area contributed by atoms with Crippen molar-refractivity contribution in [2.45, 2.75) is 46.3 Å². The minimum Gasteiger partial charge on any atom is -0.463 e. The van der Waals surface area contributed by atoms with E-state index in [1.165, 1.54) is 0 Å². The fourth-order valence-electron chi connectivity index (χ4n) is 4.69. The summed E-state index contributed by atoms with van der Waals surface area (Å²) in [6, 6.07) is 19.2. The van der Waals surface area contributed by atoms with E-state index < -0.39 is 5.54 Å². The van der Waals surface area contributed by atoms with Crippen LogP contribution in [0.15, 0.2) is 71.3 Å². The molecule has 0 bridgehead atoms. The first-order valence-corrected chi connectivity index (χ1v) is 11.6. The van der Waals surface area contributed by atoms with E-state index in [1.807, 2.05) is 63.2 Å². The lowest BCUT2D eigenvalue weighted by molar-refractivity contribution is -0.126. The molecule has 0 saturated heterocycles. The molecule has 35 heavy (non-hydrogen) atoms.